The molecule has 1 heterocycles. The molecule has 0 spiro atoms. The summed E-state index contributed by atoms with van der Waals surface area (Å²) in [6.07, 6.45) is 0.847. The van der Waals surface area contributed by atoms with Crippen molar-refractivity contribution in [2.75, 3.05) is 0 Å². The Morgan fingerprint density at radius 1 is 1.23 bits per heavy atom. The Morgan fingerprint density at radius 2 is 1.88 bits per heavy atom. The van der Waals surface area contributed by atoms with Gasteiger partial charge >= 0.3 is 6.09 Å². The smallest absolute Gasteiger partial charge is 0.407 e. The van der Waals surface area contributed by atoms with Gasteiger partial charge < -0.3 is 10.1 Å². The van der Waals surface area contributed by atoms with E-state index in [9.17, 15) is 14.0 Å². The van der Waals surface area contributed by atoms with Crippen molar-refractivity contribution in [3.05, 3.63) is 53.5 Å². The third-order valence-corrected chi connectivity index (χ3v) is 3.32. The number of alkyl carbamates (subject to hydrolysis) is 1. The molecule has 0 saturated carbocycles. The van der Waals surface area contributed by atoms with Crippen molar-refractivity contribution in [1.82, 2.24) is 15.7 Å². The number of halogens is 1. The molecule has 8 heteroatoms. The van der Waals surface area contributed by atoms with E-state index in [1.807, 2.05) is 0 Å². The number of nitrogens with one attached hydrogen (secondary N) is 2. The first-order valence-corrected chi connectivity index (χ1v) is 7.92. The van der Waals surface area contributed by atoms with Gasteiger partial charge in [0.25, 0.3) is 5.91 Å². The predicted molar refractivity (Wildman–Crippen MR) is 94.4 cm³/mol. The van der Waals surface area contributed by atoms with Crippen molar-refractivity contribution in [3.63, 3.8) is 0 Å². The molecule has 26 heavy (non-hydrogen) atoms. The van der Waals surface area contributed by atoms with E-state index < -0.39 is 17.6 Å². The van der Waals surface area contributed by atoms with E-state index in [-0.39, 0.29) is 17.9 Å². The monoisotopic (exact) mass is 360 g/mol. The summed E-state index contributed by atoms with van der Waals surface area (Å²) in [5.41, 5.74) is 3.26. The van der Waals surface area contributed by atoms with Crippen LogP contribution in [0.5, 0.6) is 0 Å². The average Bonchev–Trinajstić information content (AvgIpc) is 2.58. The third kappa shape index (κ3) is 5.25. The number of ether oxygens (including phenoxy) is 1. The maximum absolute atomic E-state index is 13.1. The molecular formula is C18H21FN4O3. The van der Waals surface area contributed by atoms with Gasteiger partial charge in [-0.3, -0.25) is 15.2 Å². The SMILES string of the molecule is CC(C)(C)OC(=O)NCc1cnc(-c2ccc(F)cc2)cc1C(=O)NN. The van der Waals surface area contributed by atoms with Crippen LogP contribution < -0.4 is 16.6 Å². The highest BCUT2D eigenvalue weighted by molar-refractivity contribution is 5.96. The molecule has 2 rings (SSSR count). The highest BCUT2D eigenvalue weighted by Crippen LogP contribution is 2.20. The normalized spacial score (nSPS) is 11.0. The van der Waals surface area contributed by atoms with Gasteiger partial charge in [-0.1, -0.05) is 0 Å². The van der Waals surface area contributed by atoms with Crippen LogP contribution in [-0.2, 0) is 11.3 Å². The minimum atomic E-state index is -0.633. The highest BCUT2D eigenvalue weighted by atomic mass is 19.1. The molecule has 0 bridgehead atoms. The van der Waals surface area contributed by atoms with Crippen LogP contribution in [0.3, 0.4) is 0 Å². The van der Waals surface area contributed by atoms with E-state index in [2.05, 4.69) is 15.7 Å². The van der Waals surface area contributed by atoms with E-state index in [1.54, 1.807) is 32.9 Å². The standard InChI is InChI=1S/C18H21FN4O3/c1-18(2,3)26-17(25)22-10-12-9-21-15(8-14(12)16(24)23-20)11-4-6-13(19)7-5-11/h4-9H,10,20H2,1-3H3,(H,22,25)(H,23,24). The number of hydrogen-bond acceptors (Lipinski definition) is 5. The van der Waals surface area contributed by atoms with Gasteiger partial charge in [0, 0.05) is 29.4 Å². The number of nitrogens with two attached hydrogens (primary N) is 1. The molecular weight excluding hydrogens is 339 g/mol. The number of carbonyl (C=O) groups is 2. The lowest BCUT2D eigenvalue weighted by atomic mass is 10.0. The third-order valence-electron chi connectivity index (χ3n) is 3.32. The number of pyridine rings is 1. The molecule has 2 aromatic rings. The molecule has 0 fully saturated rings. The van der Waals surface area contributed by atoms with E-state index in [1.165, 1.54) is 24.4 Å². The van der Waals surface area contributed by atoms with Gasteiger partial charge in [-0.2, -0.15) is 0 Å². The number of amides is 2. The first-order valence-electron chi connectivity index (χ1n) is 7.92. The first-order chi connectivity index (χ1) is 12.2. The fraction of sp³-hybridized carbons (Fsp3) is 0.278. The lowest BCUT2D eigenvalue weighted by molar-refractivity contribution is 0.0522. The number of nitrogen functional groups attached to an aromatic ring is 1. The van der Waals surface area contributed by atoms with Gasteiger partial charge in [0.15, 0.2) is 0 Å². The van der Waals surface area contributed by atoms with Crippen molar-refractivity contribution in [2.24, 2.45) is 5.84 Å². The van der Waals surface area contributed by atoms with Crippen molar-refractivity contribution in [1.29, 1.82) is 0 Å². The molecule has 0 unspecified atom stereocenters. The maximum Gasteiger partial charge on any atom is 0.407 e. The molecule has 7 nitrogen and oxygen atoms in total. The Balaban J connectivity index is 2.24. The van der Waals surface area contributed by atoms with Crippen LogP contribution in [0, 0.1) is 5.82 Å². The van der Waals surface area contributed by atoms with Crippen molar-refractivity contribution in [3.8, 4) is 11.3 Å². The lowest BCUT2D eigenvalue weighted by Crippen LogP contribution is -2.34. The molecule has 0 saturated heterocycles. The number of benzene rings is 1. The minimum Gasteiger partial charge on any atom is -0.444 e. The molecule has 0 aliphatic heterocycles. The van der Waals surface area contributed by atoms with Gasteiger partial charge in [-0.25, -0.2) is 15.0 Å². The number of hydrazine groups is 1. The zero-order valence-electron chi connectivity index (χ0n) is 14.8. The number of nitrogens with zero attached hydrogens (tertiary/aromatic N) is 1. The second kappa shape index (κ2) is 7.92. The van der Waals surface area contributed by atoms with Crippen LogP contribution in [0.25, 0.3) is 11.3 Å². The zero-order valence-corrected chi connectivity index (χ0v) is 14.8. The Kier molecular flexibility index (Phi) is 5.89. The van der Waals surface area contributed by atoms with Crippen LogP contribution in [0.15, 0.2) is 36.5 Å². The summed E-state index contributed by atoms with van der Waals surface area (Å²) in [4.78, 5) is 28.1. The Labute approximate surface area is 150 Å². The molecule has 0 aliphatic rings. The fourth-order valence-electron chi connectivity index (χ4n) is 2.17. The first kappa shape index (κ1) is 19.3. The number of carbonyl (C=O) groups excluding carboxylic acids is 2. The summed E-state index contributed by atoms with van der Waals surface area (Å²) in [5.74, 6) is 4.34. The van der Waals surface area contributed by atoms with Crippen LogP contribution in [-0.4, -0.2) is 22.6 Å². The zero-order chi connectivity index (χ0) is 19.3. The van der Waals surface area contributed by atoms with E-state index in [0.717, 1.165) is 0 Å². The predicted octanol–water partition coefficient (Wildman–Crippen LogP) is 2.52. The molecule has 0 radical (unpaired) electrons. The van der Waals surface area contributed by atoms with Gasteiger partial charge in [0.2, 0.25) is 0 Å². The quantitative estimate of drug-likeness (QED) is 0.441. The number of hydrogen-bond donors (Lipinski definition) is 3. The van der Waals surface area contributed by atoms with Crippen LogP contribution in [0.2, 0.25) is 0 Å². The molecule has 0 atom stereocenters. The van der Waals surface area contributed by atoms with Crippen molar-refractivity contribution in [2.45, 2.75) is 32.9 Å². The summed E-state index contributed by atoms with van der Waals surface area (Å²) in [6, 6.07) is 7.25. The van der Waals surface area contributed by atoms with E-state index in [4.69, 9.17) is 10.6 Å². The lowest BCUT2D eigenvalue weighted by Gasteiger charge is -2.20. The van der Waals surface area contributed by atoms with Crippen LogP contribution in [0.4, 0.5) is 9.18 Å². The summed E-state index contributed by atoms with van der Waals surface area (Å²) >= 11 is 0. The molecule has 138 valence electrons. The van der Waals surface area contributed by atoms with Crippen LogP contribution in [0.1, 0.15) is 36.7 Å². The van der Waals surface area contributed by atoms with Gasteiger partial charge in [0.05, 0.1) is 5.69 Å². The number of rotatable bonds is 4. The molecule has 4 N–H and O–H groups in total. The topological polar surface area (TPSA) is 106 Å². The van der Waals surface area contributed by atoms with Gasteiger partial charge in [-0.05, 0) is 51.1 Å². The summed E-state index contributed by atoms with van der Waals surface area (Å²) < 4.78 is 18.2. The maximum atomic E-state index is 13.1. The Morgan fingerprint density at radius 3 is 2.46 bits per heavy atom. The molecule has 1 aromatic heterocycles. The average molecular weight is 360 g/mol. The molecule has 0 aliphatic carbocycles. The van der Waals surface area contributed by atoms with Crippen molar-refractivity contribution < 1.29 is 18.7 Å². The Hall–Kier alpha value is -3.00. The number of aromatic nitrogens is 1. The summed E-state index contributed by atoms with van der Waals surface area (Å²) in [7, 11) is 0. The van der Waals surface area contributed by atoms with Gasteiger partial charge in [0.1, 0.15) is 11.4 Å². The second-order valence-electron chi connectivity index (χ2n) is 6.56. The van der Waals surface area contributed by atoms with E-state index in [0.29, 0.717) is 16.8 Å². The Bertz CT molecular complexity index is 801. The summed E-state index contributed by atoms with van der Waals surface area (Å²) in [6.45, 7) is 5.28. The van der Waals surface area contributed by atoms with E-state index >= 15 is 0 Å². The summed E-state index contributed by atoms with van der Waals surface area (Å²) in [5, 5.41) is 2.57. The van der Waals surface area contributed by atoms with Gasteiger partial charge in [-0.15, -0.1) is 0 Å². The highest BCUT2D eigenvalue weighted by Gasteiger charge is 2.18. The second-order valence-corrected chi connectivity index (χ2v) is 6.56. The fourth-order valence-corrected chi connectivity index (χ4v) is 2.17. The van der Waals surface area contributed by atoms with Crippen LogP contribution >= 0.6 is 0 Å². The molecule has 2 amide bonds. The minimum absolute atomic E-state index is 0.0361. The van der Waals surface area contributed by atoms with Crippen molar-refractivity contribution >= 4 is 12.0 Å². The molecule has 1 aromatic carbocycles. The largest absolute Gasteiger partial charge is 0.444 e.